The normalized spacial score (nSPS) is 18.7. The summed E-state index contributed by atoms with van der Waals surface area (Å²) >= 11 is 1.21. The molecule has 1 aliphatic heterocycles. The molecule has 2 aromatic rings. The van der Waals surface area contributed by atoms with Crippen molar-refractivity contribution in [3.05, 3.63) is 54.1 Å². The first-order chi connectivity index (χ1) is 11.9. The number of para-hydroxylation sites is 1. The molecule has 2 N–H and O–H groups in total. The van der Waals surface area contributed by atoms with Gasteiger partial charge in [-0.15, -0.1) is 0 Å². The summed E-state index contributed by atoms with van der Waals surface area (Å²) in [6, 6.07) is 13.6. The van der Waals surface area contributed by atoms with Crippen molar-refractivity contribution < 1.29 is 19.1 Å². The molecule has 0 aromatic heterocycles. The van der Waals surface area contributed by atoms with E-state index in [1.54, 1.807) is 37.3 Å². The van der Waals surface area contributed by atoms with E-state index in [1.807, 2.05) is 18.2 Å². The fourth-order valence-electron chi connectivity index (χ4n) is 2.37. The number of esters is 1. The third-order valence-electron chi connectivity index (χ3n) is 3.88. The van der Waals surface area contributed by atoms with Gasteiger partial charge in [-0.05, 0) is 43.3 Å². The predicted octanol–water partition coefficient (Wildman–Crippen LogP) is 2.91. The predicted molar refractivity (Wildman–Crippen MR) is 95.7 cm³/mol. The number of methoxy groups -OCH3 is 1. The summed E-state index contributed by atoms with van der Waals surface area (Å²) in [7, 11) is 1.30. The summed E-state index contributed by atoms with van der Waals surface area (Å²) in [5, 5.41) is 5.49. The van der Waals surface area contributed by atoms with Gasteiger partial charge in [0, 0.05) is 10.6 Å². The van der Waals surface area contributed by atoms with E-state index in [4.69, 9.17) is 0 Å². The Kier molecular flexibility index (Phi) is 4.50. The molecule has 0 saturated carbocycles. The van der Waals surface area contributed by atoms with Crippen LogP contribution in [-0.2, 0) is 14.3 Å². The molecule has 0 spiro atoms. The quantitative estimate of drug-likeness (QED) is 0.652. The highest BCUT2D eigenvalue weighted by molar-refractivity contribution is 8.02. The second-order valence-electron chi connectivity index (χ2n) is 5.61. The van der Waals surface area contributed by atoms with Gasteiger partial charge in [0.2, 0.25) is 11.8 Å². The van der Waals surface area contributed by atoms with Crippen LogP contribution < -0.4 is 10.6 Å². The van der Waals surface area contributed by atoms with Crippen molar-refractivity contribution in [2.75, 3.05) is 17.7 Å². The van der Waals surface area contributed by atoms with Crippen molar-refractivity contribution in [2.24, 2.45) is 0 Å². The Morgan fingerprint density at radius 3 is 2.48 bits per heavy atom. The lowest BCUT2D eigenvalue weighted by Crippen LogP contribution is -2.49. The van der Waals surface area contributed by atoms with Gasteiger partial charge >= 0.3 is 5.97 Å². The van der Waals surface area contributed by atoms with Crippen LogP contribution in [0.5, 0.6) is 0 Å². The van der Waals surface area contributed by atoms with Crippen molar-refractivity contribution in [1.82, 2.24) is 0 Å². The standard InChI is InChI=1S/C18H16N2O4S/c1-18(17(23)20-13-5-3-4-6-14(13)25-18)16(22)19-12-9-7-11(8-10-12)15(21)24-2/h3-10H,1-2H3,(H,19,22)(H,20,23). The number of fused-ring (bicyclic) bond motifs is 1. The second kappa shape index (κ2) is 6.60. The summed E-state index contributed by atoms with van der Waals surface area (Å²) in [6.45, 7) is 1.58. The number of benzene rings is 2. The molecule has 0 radical (unpaired) electrons. The number of rotatable bonds is 3. The van der Waals surface area contributed by atoms with Crippen molar-refractivity contribution in [3.8, 4) is 0 Å². The van der Waals surface area contributed by atoms with E-state index >= 15 is 0 Å². The molecule has 2 aromatic carbocycles. The highest BCUT2D eigenvalue weighted by Crippen LogP contribution is 2.42. The molecule has 2 amide bonds. The fourth-order valence-corrected chi connectivity index (χ4v) is 3.48. The number of ether oxygens (including phenoxy) is 1. The van der Waals surface area contributed by atoms with Crippen LogP contribution >= 0.6 is 11.8 Å². The van der Waals surface area contributed by atoms with E-state index < -0.39 is 16.6 Å². The van der Waals surface area contributed by atoms with Crippen LogP contribution in [0.3, 0.4) is 0 Å². The van der Waals surface area contributed by atoms with Gasteiger partial charge in [0.15, 0.2) is 4.75 Å². The summed E-state index contributed by atoms with van der Waals surface area (Å²) in [5.74, 6) is -1.26. The van der Waals surface area contributed by atoms with Crippen LogP contribution in [-0.4, -0.2) is 29.6 Å². The number of hydrogen-bond acceptors (Lipinski definition) is 5. The van der Waals surface area contributed by atoms with E-state index in [2.05, 4.69) is 15.4 Å². The Labute approximate surface area is 148 Å². The number of nitrogens with one attached hydrogen (secondary N) is 2. The van der Waals surface area contributed by atoms with Crippen LogP contribution in [0.4, 0.5) is 11.4 Å². The average Bonchev–Trinajstić information content (AvgIpc) is 2.62. The van der Waals surface area contributed by atoms with E-state index in [0.29, 0.717) is 16.9 Å². The van der Waals surface area contributed by atoms with E-state index in [-0.39, 0.29) is 5.91 Å². The van der Waals surface area contributed by atoms with Crippen molar-refractivity contribution in [2.45, 2.75) is 16.6 Å². The van der Waals surface area contributed by atoms with E-state index in [1.165, 1.54) is 18.9 Å². The third kappa shape index (κ3) is 3.23. The SMILES string of the molecule is COC(=O)c1ccc(NC(=O)C2(C)Sc3ccccc3NC2=O)cc1. The summed E-state index contributed by atoms with van der Waals surface area (Å²) < 4.78 is 3.34. The fraction of sp³-hybridized carbons (Fsp3) is 0.167. The van der Waals surface area contributed by atoms with E-state index in [0.717, 1.165) is 4.90 Å². The third-order valence-corrected chi connectivity index (χ3v) is 5.23. The lowest BCUT2D eigenvalue weighted by Gasteiger charge is -2.31. The van der Waals surface area contributed by atoms with Crippen LogP contribution in [0.15, 0.2) is 53.4 Å². The lowest BCUT2D eigenvalue weighted by molar-refractivity contribution is -0.126. The van der Waals surface area contributed by atoms with Crippen LogP contribution in [0.25, 0.3) is 0 Å². The number of hydrogen-bond donors (Lipinski definition) is 2. The van der Waals surface area contributed by atoms with Gasteiger partial charge in [0.05, 0.1) is 18.4 Å². The van der Waals surface area contributed by atoms with Crippen molar-refractivity contribution >= 4 is 40.9 Å². The molecule has 7 heteroatoms. The minimum absolute atomic E-state index is 0.375. The first kappa shape index (κ1) is 17.0. The molecule has 128 valence electrons. The first-order valence-electron chi connectivity index (χ1n) is 7.53. The molecule has 1 unspecified atom stereocenters. The molecular weight excluding hydrogens is 340 g/mol. The highest BCUT2D eigenvalue weighted by atomic mass is 32.2. The topological polar surface area (TPSA) is 84.5 Å². The molecule has 1 atom stereocenters. The van der Waals surface area contributed by atoms with Gasteiger partial charge in [0.1, 0.15) is 0 Å². The molecule has 25 heavy (non-hydrogen) atoms. The molecule has 1 heterocycles. The number of carbonyl (C=O) groups is 3. The Hall–Kier alpha value is -2.80. The van der Waals surface area contributed by atoms with Crippen LogP contribution in [0, 0.1) is 0 Å². The molecule has 6 nitrogen and oxygen atoms in total. The number of amides is 2. The molecule has 0 bridgehead atoms. The largest absolute Gasteiger partial charge is 0.465 e. The maximum atomic E-state index is 12.7. The van der Waals surface area contributed by atoms with Crippen LogP contribution in [0.2, 0.25) is 0 Å². The monoisotopic (exact) mass is 356 g/mol. The van der Waals surface area contributed by atoms with Crippen molar-refractivity contribution in [1.29, 1.82) is 0 Å². The smallest absolute Gasteiger partial charge is 0.337 e. The second-order valence-corrected chi connectivity index (χ2v) is 7.07. The van der Waals surface area contributed by atoms with Crippen molar-refractivity contribution in [3.63, 3.8) is 0 Å². The summed E-state index contributed by atoms with van der Waals surface area (Å²) in [4.78, 5) is 37.4. The Morgan fingerprint density at radius 2 is 1.80 bits per heavy atom. The van der Waals surface area contributed by atoms with E-state index in [9.17, 15) is 14.4 Å². The van der Waals surface area contributed by atoms with Gasteiger partial charge in [0.25, 0.3) is 0 Å². The minimum atomic E-state index is -1.30. The number of carbonyl (C=O) groups excluding carboxylic acids is 3. The number of thioether (sulfide) groups is 1. The first-order valence-corrected chi connectivity index (χ1v) is 8.35. The molecule has 0 fully saturated rings. The van der Waals surface area contributed by atoms with Gasteiger partial charge in [-0.25, -0.2) is 4.79 Å². The molecule has 1 aliphatic rings. The van der Waals surface area contributed by atoms with Gasteiger partial charge in [-0.2, -0.15) is 0 Å². The molecule has 0 saturated heterocycles. The zero-order valence-electron chi connectivity index (χ0n) is 13.7. The molecular formula is C18H16N2O4S. The minimum Gasteiger partial charge on any atom is -0.465 e. The van der Waals surface area contributed by atoms with Gasteiger partial charge in [-0.3, -0.25) is 9.59 Å². The Bertz CT molecular complexity index is 850. The van der Waals surface area contributed by atoms with Gasteiger partial charge < -0.3 is 15.4 Å². The Morgan fingerprint density at radius 1 is 1.12 bits per heavy atom. The summed E-state index contributed by atoms with van der Waals surface area (Å²) in [5.41, 5.74) is 1.57. The maximum absolute atomic E-state index is 12.7. The maximum Gasteiger partial charge on any atom is 0.337 e. The highest BCUT2D eigenvalue weighted by Gasteiger charge is 2.45. The zero-order chi connectivity index (χ0) is 18.0. The number of anilines is 2. The zero-order valence-corrected chi connectivity index (χ0v) is 14.5. The molecule has 0 aliphatic carbocycles. The Balaban J connectivity index is 1.78. The average molecular weight is 356 g/mol. The van der Waals surface area contributed by atoms with Gasteiger partial charge in [-0.1, -0.05) is 23.9 Å². The van der Waals surface area contributed by atoms with Crippen LogP contribution in [0.1, 0.15) is 17.3 Å². The lowest BCUT2D eigenvalue weighted by atomic mass is 10.1. The molecule has 3 rings (SSSR count). The summed E-state index contributed by atoms with van der Waals surface area (Å²) in [6.07, 6.45) is 0.